The van der Waals surface area contributed by atoms with E-state index in [-0.39, 0.29) is 0 Å². The van der Waals surface area contributed by atoms with Crippen LogP contribution in [0.25, 0.3) is 0 Å². The summed E-state index contributed by atoms with van der Waals surface area (Å²) >= 11 is 0. The Morgan fingerprint density at radius 1 is 1.56 bits per heavy atom. The monoisotopic (exact) mass is 223 g/mol. The van der Waals surface area contributed by atoms with Crippen LogP contribution in [-0.2, 0) is 13.6 Å². The van der Waals surface area contributed by atoms with Crippen LogP contribution in [0.5, 0.6) is 0 Å². The summed E-state index contributed by atoms with van der Waals surface area (Å²) in [7, 11) is 1.95. The van der Waals surface area contributed by atoms with E-state index >= 15 is 0 Å². The summed E-state index contributed by atoms with van der Waals surface area (Å²) in [5.74, 6) is 1.06. The van der Waals surface area contributed by atoms with E-state index in [0.29, 0.717) is 6.04 Å². The van der Waals surface area contributed by atoms with Crippen molar-refractivity contribution in [2.75, 3.05) is 13.1 Å². The maximum atomic E-state index is 5.57. The fourth-order valence-corrected chi connectivity index (χ4v) is 2.43. The van der Waals surface area contributed by atoms with E-state index in [1.54, 1.807) is 6.33 Å². The highest BCUT2D eigenvalue weighted by molar-refractivity contribution is 4.88. The van der Waals surface area contributed by atoms with Crippen molar-refractivity contribution >= 4 is 0 Å². The molecule has 1 aliphatic heterocycles. The van der Waals surface area contributed by atoms with Gasteiger partial charge in [0.25, 0.3) is 0 Å². The third kappa shape index (κ3) is 2.59. The second-order valence-corrected chi connectivity index (χ2v) is 4.50. The van der Waals surface area contributed by atoms with Crippen LogP contribution in [0, 0.1) is 0 Å². The first-order chi connectivity index (χ1) is 7.81. The third-order valence-corrected chi connectivity index (χ3v) is 3.39. The van der Waals surface area contributed by atoms with E-state index in [2.05, 4.69) is 15.0 Å². The molecular formula is C11H21N5. The maximum absolute atomic E-state index is 5.57. The number of aryl methyl sites for hydroxylation is 1. The van der Waals surface area contributed by atoms with Crippen molar-refractivity contribution in [3.8, 4) is 0 Å². The molecule has 90 valence electrons. The fourth-order valence-electron chi connectivity index (χ4n) is 2.43. The van der Waals surface area contributed by atoms with Gasteiger partial charge in [0.15, 0.2) is 0 Å². The molecule has 5 heteroatoms. The van der Waals surface area contributed by atoms with Gasteiger partial charge in [-0.1, -0.05) is 0 Å². The van der Waals surface area contributed by atoms with Crippen LogP contribution in [0.3, 0.4) is 0 Å². The van der Waals surface area contributed by atoms with Crippen molar-refractivity contribution in [2.45, 2.75) is 38.3 Å². The Labute approximate surface area is 96.6 Å². The number of aromatic nitrogens is 3. The van der Waals surface area contributed by atoms with Gasteiger partial charge in [-0.3, -0.25) is 9.58 Å². The maximum Gasteiger partial charge on any atom is 0.140 e. The van der Waals surface area contributed by atoms with Gasteiger partial charge >= 0.3 is 0 Å². The highest BCUT2D eigenvalue weighted by Crippen LogP contribution is 2.22. The molecular weight excluding hydrogens is 202 g/mol. The van der Waals surface area contributed by atoms with Crippen molar-refractivity contribution in [2.24, 2.45) is 12.8 Å². The second kappa shape index (κ2) is 5.41. The van der Waals surface area contributed by atoms with E-state index in [0.717, 1.165) is 25.3 Å². The Morgan fingerprint density at radius 2 is 2.44 bits per heavy atom. The molecule has 5 nitrogen and oxygen atoms in total. The summed E-state index contributed by atoms with van der Waals surface area (Å²) in [6, 6.07) is 0.695. The zero-order valence-electron chi connectivity index (χ0n) is 9.97. The van der Waals surface area contributed by atoms with Gasteiger partial charge in [-0.25, -0.2) is 4.98 Å². The average Bonchev–Trinajstić information content (AvgIpc) is 2.87. The van der Waals surface area contributed by atoms with E-state index in [4.69, 9.17) is 5.73 Å². The van der Waals surface area contributed by atoms with Gasteiger partial charge in [0.2, 0.25) is 0 Å². The van der Waals surface area contributed by atoms with E-state index in [1.807, 2.05) is 11.7 Å². The Kier molecular flexibility index (Phi) is 3.90. The molecule has 1 saturated heterocycles. The third-order valence-electron chi connectivity index (χ3n) is 3.39. The molecule has 0 radical (unpaired) electrons. The highest BCUT2D eigenvalue weighted by Gasteiger charge is 2.24. The number of nitrogens with two attached hydrogens (primary N) is 1. The van der Waals surface area contributed by atoms with Crippen molar-refractivity contribution in [1.82, 2.24) is 19.7 Å². The number of rotatable bonds is 5. The standard InChI is InChI=1S/C11H21N5/c1-15-11(13-9-14-15)8-16-7-3-5-10(16)4-2-6-12/h9-10H,2-8,12H2,1H3. The first-order valence-corrected chi connectivity index (χ1v) is 6.08. The van der Waals surface area contributed by atoms with Crippen LogP contribution >= 0.6 is 0 Å². The summed E-state index contributed by atoms with van der Waals surface area (Å²) < 4.78 is 1.86. The van der Waals surface area contributed by atoms with Crippen LogP contribution in [0.2, 0.25) is 0 Å². The molecule has 1 unspecified atom stereocenters. The molecule has 2 N–H and O–H groups in total. The topological polar surface area (TPSA) is 60.0 Å². The molecule has 2 rings (SSSR count). The minimum Gasteiger partial charge on any atom is -0.330 e. The molecule has 1 fully saturated rings. The molecule has 1 aromatic rings. The molecule has 1 atom stereocenters. The number of likely N-dealkylation sites (tertiary alicyclic amines) is 1. The Balaban J connectivity index is 1.91. The summed E-state index contributed by atoms with van der Waals surface area (Å²) in [5, 5.41) is 4.10. The number of nitrogens with zero attached hydrogens (tertiary/aromatic N) is 4. The lowest BCUT2D eigenvalue weighted by atomic mass is 10.1. The molecule has 1 aromatic heterocycles. The minimum absolute atomic E-state index is 0.695. The van der Waals surface area contributed by atoms with Gasteiger partial charge < -0.3 is 5.73 Å². The molecule has 0 aromatic carbocycles. The van der Waals surface area contributed by atoms with Crippen molar-refractivity contribution in [1.29, 1.82) is 0 Å². The van der Waals surface area contributed by atoms with Gasteiger partial charge in [0.1, 0.15) is 12.2 Å². The quantitative estimate of drug-likeness (QED) is 0.790. The molecule has 0 aliphatic carbocycles. The van der Waals surface area contributed by atoms with E-state index in [9.17, 15) is 0 Å². The molecule has 0 bridgehead atoms. The highest BCUT2D eigenvalue weighted by atomic mass is 15.3. The van der Waals surface area contributed by atoms with Crippen LogP contribution < -0.4 is 5.73 Å². The summed E-state index contributed by atoms with van der Waals surface area (Å²) in [5.41, 5.74) is 5.57. The number of hydrogen-bond acceptors (Lipinski definition) is 4. The van der Waals surface area contributed by atoms with E-state index < -0.39 is 0 Å². The average molecular weight is 223 g/mol. The molecule has 1 aliphatic rings. The van der Waals surface area contributed by atoms with Crippen molar-refractivity contribution in [3.05, 3.63) is 12.2 Å². The minimum atomic E-state index is 0.695. The van der Waals surface area contributed by atoms with Gasteiger partial charge in [-0.15, -0.1) is 0 Å². The molecule has 0 spiro atoms. The number of hydrogen-bond donors (Lipinski definition) is 1. The van der Waals surface area contributed by atoms with Gasteiger partial charge in [0.05, 0.1) is 6.54 Å². The van der Waals surface area contributed by atoms with Crippen LogP contribution in [0.1, 0.15) is 31.5 Å². The smallest absolute Gasteiger partial charge is 0.140 e. The lowest BCUT2D eigenvalue weighted by molar-refractivity contribution is 0.224. The Bertz CT molecular complexity index is 322. The van der Waals surface area contributed by atoms with Crippen LogP contribution in [-0.4, -0.2) is 38.8 Å². The van der Waals surface area contributed by atoms with E-state index in [1.165, 1.54) is 25.8 Å². The lowest BCUT2D eigenvalue weighted by Crippen LogP contribution is -2.30. The summed E-state index contributed by atoms with van der Waals surface area (Å²) in [4.78, 5) is 6.79. The zero-order chi connectivity index (χ0) is 11.4. The normalized spacial score (nSPS) is 21.8. The summed E-state index contributed by atoms with van der Waals surface area (Å²) in [6.07, 6.45) is 6.57. The van der Waals surface area contributed by atoms with Gasteiger partial charge in [-0.2, -0.15) is 5.10 Å². The predicted octanol–water partition coefficient (Wildman–Crippen LogP) is 0.518. The molecule has 16 heavy (non-hydrogen) atoms. The van der Waals surface area contributed by atoms with Gasteiger partial charge in [0, 0.05) is 13.1 Å². The molecule has 0 amide bonds. The molecule has 2 heterocycles. The predicted molar refractivity (Wildman–Crippen MR) is 62.7 cm³/mol. The molecule has 0 saturated carbocycles. The zero-order valence-corrected chi connectivity index (χ0v) is 9.97. The van der Waals surface area contributed by atoms with Crippen LogP contribution in [0.15, 0.2) is 6.33 Å². The fraction of sp³-hybridized carbons (Fsp3) is 0.818. The van der Waals surface area contributed by atoms with Crippen LogP contribution in [0.4, 0.5) is 0 Å². The SMILES string of the molecule is Cn1ncnc1CN1CCCC1CCCN. The van der Waals surface area contributed by atoms with Gasteiger partial charge in [-0.05, 0) is 38.8 Å². The Morgan fingerprint density at radius 3 is 3.12 bits per heavy atom. The van der Waals surface area contributed by atoms with Crippen molar-refractivity contribution in [3.63, 3.8) is 0 Å². The largest absolute Gasteiger partial charge is 0.330 e. The first-order valence-electron chi connectivity index (χ1n) is 6.08. The lowest BCUT2D eigenvalue weighted by Gasteiger charge is -2.23. The summed E-state index contributed by atoms with van der Waals surface area (Å²) in [6.45, 7) is 2.90. The first kappa shape index (κ1) is 11.5. The van der Waals surface area contributed by atoms with Crippen molar-refractivity contribution < 1.29 is 0 Å². The second-order valence-electron chi connectivity index (χ2n) is 4.50. The Hall–Kier alpha value is -0.940.